The van der Waals surface area contributed by atoms with Crippen LogP contribution < -0.4 is 5.32 Å². The van der Waals surface area contributed by atoms with Gasteiger partial charge in [0.2, 0.25) is 11.9 Å². The molecule has 0 bridgehead atoms. The molecular formula is C17H24N4O2. The molecule has 3 rings (SSSR count). The molecule has 6 nitrogen and oxygen atoms in total. The highest BCUT2D eigenvalue weighted by Gasteiger charge is 2.27. The lowest BCUT2D eigenvalue weighted by atomic mass is 9.90. The maximum absolute atomic E-state index is 12.3. The van der Waals surface area contributed by atoms with Gasteiger partial charge in [-0.25, -0.2) is 9.97 Å². The minimum absolute atomic E-state index is 0.0276. The van der Waals surface area contributed by atoms with E-state index in [1.165, 1.54) is 6.42 Å². The number of hydrogen-bond acceptors (Lipinski definition) is 4. The van der Waals surface area contributed by atoms with E-state index in [0.29, 0.717) is 12.0 Å². The molecule has 124 valence electrons. The SMILES string of the molecule is Cc1ccc2nc(NC(=O)CC(C)(C)CO)n(C3CCC3)c2n1. The summed E-state index contributed by atoms with van der Waals surface area (Å²) in [5, 5.41) is 12.3. The molecule has 2 aromatic heterocycles. The molecule has 23 heavy (non-hydrogen) atoms. The Morgan fingerprint density at radius 1 is 1.39 bits per heavy atom. The zero-order valence-corrected chi connectivity index (χ0v) is 14.0. The molecule has 1 saturated carbocycles. The summed E-state index contributed by atoms with van der Waals surface area (Å²) < 4.78 is 2.07. The van der Waals surface area contributed by atoms with Crippen LogP contribution >= 0.6 is 0 Å². The summed E-state index contributed by atoms with van der Waals surface area (Å²) in [5.41, 5.74) is 2.15. The van der Waals surface area contributed by atoms with Crippen LogP contribution in [0, 0.1) is 12.3 Å². The smallest absolute Gasteiger partial charge is 0.227 e. The van der Waals surface area contributed by atoms with E-state index in [0.717, 1.165) is 29.7 Å². The largest absolute Gasteiger partial charge is 0.396 e. The summed E-state index contributed by atoms with van der Waals surface area (Å²) in [6.07, 6.45) is 3.63. The Hall–Kier alpha value is -1.95. The van der Waals surface area contributed by atoms with Crippen molar-refractivity contribution < 1.29 is 9.90 Å². The number of fused-ring (bicyclic) bond motifs is 1. The van der Waals surface area contributed by atoms with Gasteiger partial charge in [0.25, 0.3) is 0 Å². The van der Waals surface area contributed by atoms with Gasteiger partial charge >= 0.3 is 0 Å². The Morgan fingerprint density at radius 3 is 2.74 bits per heavy atom. The van der Waals surface area contributed by atoms with Gasteiger partial charge in [-0.3, -0.25) is 14.7 Å². The number of carbonyl (C=O) groups excluding carboxylic acids is 1. The normalized spacial score (nSPS) is 15.7. The average Bonchev–Trinajstić information content (AvgIpc) is 2.74. The van der Waals surface area contributed by atoms with E-state index >= 15 is 0 Å². The van der Waals surface area contributed by atoms with Crippen LogP contribution in [0.15, 0.2) is 12.1 Å². The van der Waals surface area contributed by atoms with Crippen LogP contribution in [0.5, 0.6) is 0 Å². The molecule has 2 N–H and O–H groups in total. The van der Waals surface area contributed by atoms with Gasteiger partial charge in [0, 0.05) is 24.8 Å². The lowest BCUT2D eigenvalue weighted by molar-refractivity contribution is -0.118. The molecule has 0 radical (unpaired) electrons. The number of anilines is 1. The summed E-state index contributed by atoms with van der Waals surface area (Å²) in [5.74, 6) is 0.443. The van der Waals surface area contributed by atoms with E-state index < -0.39 is 5.41 Å². The molecule has 6 heteroatoms. The molecule has 1 aliphatic carbocycles. The van der Waals surface area contributed by atoms with Gasteiger partial charge in [0.1, 0.15) is 5.52 Å². The number of aromatic nitrogens is 3. The number of amides is 1. The Kier molecular flexibility index (Phi) is 4.10. The maximum atomic E-state index is 12.3. The van der Waals surface area contributed by atoms with Crippen molar-refractivity contribution >= 4 is 23.0 Å². The fraction of sp³-hybridized carbons (Fsp3) is 0.588. The number of rotatable bonds is 5. The van der Waals surface area contributed by atoms with Crippen molar-refractivity contribution in [3.63, 3.8) is 0 Å². The first-order valence-electron chi connectivity index (χ1n) is 8.16. The van der Waals surface area contributed by atoms with E-state index in [1.807, 2.05) is 32.9 Å². The van der Waals surface area contributed by atoms with Crippen molar-refractivity contribution in [3.05, 3.63) is 17.8 Å². The monoisotopic (exact) mass is 316 g/mol. The van der Waals surface area contributed by atoms with Crippen LogP contribution in [0.3, 0.4) is 0 Å². The number of nitrogens with zero attached hydrogens (tertiary/aromatic N) is 3. The predicted octanol–water partition coefficient (Wildman–Crippen LogP) is 2.81. The fourth-order valence-corrected chi connectivity index (χ4v) is 2.81. The van der Waals surface area contributed by atoms with Crippen LogP contribution in [0.4, 0.5) is 5.95 Å². The van der Waals surface area contributed by atoms with Crippen molar-refractivity contribution in [2.45, 2.75) is 52.5 Å². The van der Waals surface area contributed by atoms with Crippen LogP contribution in [0.2, 0.25) is 0 Å². The van der Waals surface area contributed by atoms with E-state index in [4.69, 9.17) is 0 Å². The molecule has 2 heterocycles. The molecule has 0 atom stereocenters. The lowest BCUT2D eigenvalue weighted by Gasteiger charge is -2.29. The van der Waals surface area contributed by atoms with Crippen molar-refractivity contribution in [2.75, 3.05) is 11.9 Å². The Labute approximate surface area is 135 Å². The predicted molar refractivity (Wildman–Crippen MR) is 89.3 cm³/mol. The summed E-state index contributed by atoms with van der Waals surface area (Å²) in [6.45, 7) is 5.67. The van der Waals surface area contributed by atoms with Gasteiger partial charge in [-0.2, -0.15) is 0 Å². The summed E-state index contributed by atoms with van der Waals surface area (Å²) in [4.78, 5) is 21.5. The fourth-order valence-electron chi connectivity index (χ4n) is 2.81. The minimum atomic E-state index is -0.438. The third-order valence-electron chi connectivity index (χ3n) is 4.43. The number of aliphatic hydroxyl groups is 1. The van der Waals surface area contributed by atoms with Gasteiger partial charge < -0.3 is 5.11 Å². The van der Waals surface area contributed by atoms with Crippen molar-refractivity contribution in [3.8, 4) is 0 Å². The molecule has 2 aromatic rings. The Bertz CT molecular complexity index is 732. The Balaban J connectivity index is 1.92. The molecular weight excluding hydrogens is 292 g/mol. The van der Waals surface area contributed by atoms with Crippen LogP contribution in [-0.4, -0.2) is 32.2 Å². The van der Waals surface area contributed by atoms with Crippen molar-refractivity contribution in [1.29, 1.82) is 0 Å². The quantitative estimate of drug-likeness (QED) is 0.889. The highest BCUT2D eigenvalue weighted by molar-refractivity contribution is 5.91. The third kappa shape index (κ3) is 3.22. The van der Waals surface area contributed by atoms with Gasteiger partial charge in [0.15, 0.2) is 5.65 Å². The number of imidazole rings is 1. The summed E-state index contributed by atoms with van der Waals surface area (Å²) in [6, 6.07) is 4.23. The first-order valence-corrected chi connectivity index (χ1v) is 8.16. The molecule has 0 unspecified atom stereocenters. The molecule has 0 spiro atoms. The maximum Gasteiger partial charge on any atom is 0.227 e. The summed E-state index contributed by atoms with van der Waals surface area (Å²) in [7, 11) is 0. The van der Waals surface area contributed by atoms with Gasteiger partial charge in [-0.15, -0.1) is 0 Å². The number of aryl methyl sites for hydroxylation is 1. The second-order valence-corrected chi connectivity index (χ2v) is 7.23. The number of pyridine rings is 1. The molecule has 0 saturated heterocycles. The standard InChI is InChI=1S/C17H24N4O2/c1-11-7-8-13-15(18-11)21(12-5-4-6-12)16(19-13)20-14(23)9-17(2,3)10-22/h7-8,12,22H,4-6,9-10H2,1-3H3,(H,19,20,23). The van der Waals surface area contributed by atoms with E-state index in [1.54, 1.807) is 0 Å². The van der Waals surface area contributed by atoms with Crippen molar-refractivity contribution in [1.82, 2.24) is 14.5 Å². The molecule has 1 amide bonds. The zero-order valence-electron chi connectivity index (χ0n) is 14.0. The topological polar surface area (TPSA) is 80.0 Å². The second kappa shape index (κ2) is 5.92. The molecule has 0 aromatic carbocycles. The minimum Gasteiger partial charge on any atom is -0.396 e. The first kappa shape index (κ1) is 15.9. The Morgan fingerprint density at radius 2 is 2.13 bits per heavy atom. The highest BCUT2D eigenvalue weighted by Crippen LogP contribution is 2.36. The molecule has 1 aliphatic rings. The van der Waals surface area contributed by atoms with Crippen LogP contribution in [-0.2, 0) is 4.79 Å². The van der Waals surface area contributed by atoms with Gasteiger partial charge in [-0.1, -0.05) is 13.8 Å². The van der Waals surface area contributed by atoms with E-state index in [9.17, 15) is 9.90 Å². The molecule has 1 fully saturated rings. The molecule has 0 aliphatic heterocycles. The zero-order chi connectivity index (χ0) is 16.6. The number of nitrogens with one attached hydrogen (secondary N) is 1. The van der Waals surface area contributed by atoms with Gasteiger partial charge in [-0.05, 0) is 43.7 Å². The van der Waals surface area contributed by atoms with Gasteiger partial charge in [0.05, 0.1) is 0 Å². The van der Waals surface area contributed by atoms with Crippen LogP contribution in [0.25, 0.3) is 11.2 Å². The average molecular weight is 316 g/mol. The van der Waals surface area contributed by atoms with Crippen molar-refractivity contribution in [2.24, 2.45) is 5.41 Å². The van der Waals surface area contributed by atoms with E-state index in [2.05, 4.69) is 19.9 Å². The number of aliphatic hydroxyl groups excluding tert-OH is 1. The summed E-state index contributed by atoms with van der Waals surface area (Å²) >= 11 is 0. The number of carbonyl (C=O) groups is 1. The second-order valence-electron chi connectivity index (χ2n) is 7.23. The third-order valence-corrected chi connectivity index (χ3v) is 4.43. The van der Waals surface area contributed by atoms with Crippen LogP contribution in [0.1, 0.15) is 51.3 Å². The highest BCUT2D eigenvalue weighted by atomic mass is 16.3. The lowest BCUT2D eigenvalue weighted by Crippen LogP contribution is -2.27. The first-order chi connectivity index (χ1) is 10.9. The number of hydrogen-bond donors (Lipinski definition) is 2. The van der Waals surface area contributed by atoms with E-state index in [-0.39, 0.29) is 18.9 Å².